The number of aromatic nitrogens is 4. The fourth-order valence-corrected chi connectivity index (χ4v) is 6.95. The Balaban J connectivity index is 1.31. The van der Waals surface area contributed by atoms with Crippen LogP contribution < -0.4 is 5.32 Å². The van der Waals surface area contributed by atoms with Gasteiger partial charge in [-0.2, -0.15) is 10.1 Å². The van der Waals surface area contributed by atoms with E-state index in [2.05, 4.69) is 42.6 Å². The van der Waals surface area contributed by atoms with E-state index < -0.39 is 69.2 Å². The first-order chi connectivity index (χ1) is 20.0. The third-order valence-electron chi connectivity index (χ3n) is 6.36. The SMILES string of the molecule is N=C1N=C2C(N=CN2[C@@H]2O[C@@H]3COP(O)(=S)OCCn4nc(-c5ccncc5)nc4COP(=O)(S)O[C@@H]2[C@@H]3F)C(=O)N1. The van der Waals surface area contributed by atoms with E-state index in [0.29, 0.717) is 11.4 Å². The molecule has 0 aromatic carbocycles. The smallest absolute Gasteiger partial charge is 0.346 e. The number of fused-ring (bicyclic) bond motifs is 4. The zero-order valence-electron chi connectivity index (χ0n) is 21.2. The van der Waals surface area contributed by atoms with Gasteiger partial charge in [0.15, 0.2) is 35.9 Å². The topological polar surface area (TPSA) is 208 Å². The third kappa shape index (κ3) is 6.10. The van der Waals surface area contributed by atoms with Gasteiger partial charge in [-0.3, -0.25) is 39.4 Å². The summed E-state index contributed by atoms with van der Waals surface area (Å²) in [6, 6.07) is 2.26. The highest BCUT2D eigenvalue weighted by Crippen LogP contribution is 2.57. The van der Waals surface area contributed by atoms with Crippen molar-refractivity contribution in [3.63, 3.8) is 0 Å². The Morgan fingerprint density at radius 1 is 1.26 bits per heavy atom. The van der Waals surface area contributed by atoms with Crippen LogP contribution in [0.2, 0.25) is 0 Å². The first-order valence-corrected chi connectivity index (χ1v) is 17.5. The van der Waals surface area contributed by atoms with Gasteiger partial charge in [0.1, 0.15) is 18.8 Å². The van der Waals surface area contributed by atoms with Crippen LogP contribution in [-0.2, 0) is 57.1 Å². The Bertz CT molecular complexity index is 1560. The molecule has 6 rings (SSSR count). The lowest BCUT2D eigenvalue weighted by Gasteiger charge is -2.30. The van der Waals surface area contributed by atoms with Crippen molar-refractivity contribution in [3.8, 4) is 11.4 Å². The summed E-state index contributed by atoms with van der Waals surface area (Å²) >= 11 is 9.14. The number of alkyl halides is 1. The number of ether oxygens (including phenoxy) is 1. The normalized spacial score (nSPS) is 35.5. The molecule has 0 radical (unpaired) electrons. The molecule has 0 spiro atoms. The second-order valence-corrected chi connectivity index (χ2v) is 14.8. The molecule has 3 unspecified atom stereocenters. The maximum absolute atomic E-state index is 15.8. The van der Waals surface area contributed by atoms with E-state index in [1.165, 1.54) is 15.9 Å². The molecule has 2 aromatic rings. The lowest BCUT2D eigenvalue weighted by atomic mass is 10.1. The summed E-state index contributed by atoms with van der Waals surface area (Å²) in [6.07, 6.45) is -2.19. The van der Waals surface area contributed by atoms with Crippen LogP contribution in [-0.4, -0.2) is 97.4 Å². The molecule has 224 valence electrons. The Morgan fingerprint density at radius 2 is 2.05 bits per heavy atom. The van der Waals surface area contributed by atoms with Crippen molar-refractivity contribution in [3.05, 3.63) is 30.4 Å². The molecule has 2 aromatic heterocycles. The molecule has 22 heteroatoms. The highest BCUT2D eigenvalue weighted by atomic mass is 32.7. The molecule has 3 N–H and O–H groups in total. The van der Waals surface area contributed by atoms with Crippen LogP contribution in [0.3, 0.4) is 0 Å². The Labute approximate surface area is 246 Å². The number of carbonyl (C=O) groups excluding carboxylic acids is 1. The Hall–Kier alpha value is -2.51. The molecule has 0 saturated carbocycles. The minimum atomic E-state index is -4.32. The summed E-state index contributed by atoms with van der Waals surface area (Å²) in [5.41, 5.74) is 0.636. The maximum Gasteiger partial charge on any atom is 0.387 e. The van der Waals surface area contributed by atoms with Gasteiger partial charge < -0.3 is 18.7 Å². The summed E-state index contributed by atoms with van der Waals surface area (Å²) in [7, 11) is 0. The minimum absolute atomic E-state index is 0.0345. The number of halogens is 1. The number of amides is 1. The number of nitrogens with one attached hydrogen (secondary N) is 2. The van der Waals surface area contributed by atoms with E-state index in [1.807, 2.05) is 0 Å². The summed E-state index contributed by atoms with van der Waals surface area (Å²) < 4.78 is 58.3. The second kappa shape index (κ2) is 11.5. The molecule has 1 fully saturated rings. The van der Waals surface area contributed by atoms with Gasteiger partial charge in [0, 0.05) is 18.0 Å². The lowest BCUT2D eigenvalue weighted by Crippen LogP contribution is -2.53. The van der Waals surface area contributed by atoms with Gasteiger partial charge in [-0.25, -0.2) is 18.6 Å². The van der Waals surface area contributed by atoms with E-state index in [9.17, 15) is 14.3 Å². The van der Waals surface area contributed by atoms with Gasteiger partial charge >= 0.3 is 13.5 Å². The Kier molecular flexibility index (Phi) is 8.12. The number of guanidine groups is 1. The summed E-state index contributed by atoms with van der Waals surface area (Å²) in [5, 5.41) is 14.4. The number of hydrogen-bond acceptors (Lipinski definition) is 14. The summed E-state index contributed by atoms with van der Waals surface area (Å²) in [4.78, 5) is 40.5. The van der Waals surface area contributed by atoms with Crippen LogP contribution in [0.5, 0.6) is 0 Å². The average Bonchev–Trinajstić information content (AvgIpc) is 3.63. The molecular weight excluding hydrogens is 639 g/mol. The van der Waals surface area contributed by atoms with Crippen LogP contribution >= 0.6 is 25.8 Å². The lowest BCUT2D eigenvalue weighted by molar-refractivity contribution is -0.119. The predicted octanol–water partition coefficient (Wildman–Crippen LogP) is 0.782. The van der Waals surface area contributed by atoms with E-state index in [-0.39, 0.29) is 24.8 Å². The molecule has 1 amide bonds. The van der Waals surface area contributed by atoms with Crippen LogP contribution in [0.25, 0.3) is 11.4 Å². The standard InChI is InChI=1S/C20H22FN9O8P2S2/c21-13-11-7-35-39(32,41)34-6-5-30-12(25-16(28-30)10-1-3-23-4-2-10)8-36-40(33,42)38-15(13)19(37-11)29-9-24-14-17(29)26-20(22)27-18(14)31/h1-4,9,11,13-15,19H,5-8H2,(H,32,41)(H,33,42)(H2,22,27,31)/t11-,13-,14?,15-,19-,39?,40?/m1/s1. The number of rotatable bonds is 2. The summed E-state index contributed by atoms with van der Waals surface area (Å²) in [6.45, 7) is -9.30. The first kappa shape index (κ1) is 29.6. The number of amidine groups is 1. The molecule has 6 heterocycles. The highest BCUT2D eigenvalue weighted by Gasteiger charge is 2.54. The molecule has 17 nitrogen and oxygen atoms in total. The van der Waals surface area contributed by atoms with Gasteiger partial charge in [0.25, 0.3) is 5.91 Å². The van der Waals surface area contributed by atoms with Crippen LogP contribution in [0.4, 0.5) is 4.39 Å². The van der Waals surface area contributed by atoms with Gasteiger partial charge in [-0.05, 0) is 23.9 Å². The largest absolute Gasteiger partial charge is 0.387 e. The fraction of sp³-hybridized carbons (Fsp3) is 0.450. The van der Waals surface area contributed by atoms with Gasteiger partial charge in [-0.1, -0.05) is 12.2 Å². The van der Waals surface area contributed by atoms with Gasteiger partial charge in [0.05, 0.1) is 26.1 Å². The average molecular weight is 662 g/mol. The first-order valence-electron chi connectivity index (χ1n) is 12.2. The molecule has 2 bridgehead atoms. The minimum Gasteiger partial charge on any atom is -0.346 e. The zero-order valence-corrected chi connectivity index (χ0v) is 24.7. The van der Waals surface area contributed by atoms with Crippen molar-refractivity contribution in [1.29, 1.82) is 5.41 Å². The van der Waals surface area contributed by atoms with E-state index in [4.69, 9.17) is 40.0 Å². The van der Waals surface area contributed by atoms with Crippen molar-refractivity contribution in [2.75, 3.05) is 13.2 Å². The number of nitrogens with zero attached hydrogens (tertiary/aromatic N) is 7. The molecular formula is C20H22FN9O8P2S2. The third-order valence-corrected chi connectivity index (χ3v) is 9.57. The van der Waals surface area contributed by atoms with Crippen LogP contribution in [0.15, 0.2) is 34.5 Å². The molecule has 7 atom stereocenters. The number of aliphatic imine (C=N–C) groups is 2. The number of carbonyl (C=O) groups is 1. The number of hydrogen-bond donors (Lipinski definition) is 4. The van der Waals surface area contributed by atoms with Gasteiger partial charge in [-0.15, -0.1) is 0 Å². The van der Waals surface area contributed by atoms with E-state index in [1.54, 1.807) is 24.5 Å². The highest BCUT2D eigenvalue weighted by molar-refractivity contribution is 8.44. The van der Waals surface area contributed by atoms with Crippen LogP contribution in [0.1, 0.15) is 5.82 Å². The fourth-order valence-electron chi connectivity index (χ4n) is 4.45. The molecule has 4 aliphatic heterocycles. The molecule has 1 saturated heterocycles. The van der Waals surface area contributed by atoms with Crippen LogP contribution in [0, 0.1) is 5.41 Å². The van der Waals surface area contributed by atoms with Crippen molar-refractivity contribution >= 4 is 61.6 Å². The number of pyridine rings is 1. The van der Waals surface area contributed by atoms with Gasteiger partial charge in [0.2, 0.25) is 5.96 Å². The molecule has 42 heavy (non-hydrogen) atoms. The van der Waals surface area contributed by atoms with E-state index >= 15 is 4.39 Å². The van der Waals surface area contributed by atoms with E-state index in [0.717, 1.165) is 0 Å². The second-order valence-electron chi connectivity index (χ2n) is 9.11. The van der Waals surface area contributed by atoms with Crippen molar-refractivity contribution in [2.45, 2.75) is 43.8 Å². The predicted molar refractivity (Wildman–Crippen MR) is 149 cm³/mol. The van der Waals surface area contributed by atoms with Crippen molar-refractivity contribution in [2.24, 2.45) is 9.98 Å². The quantitative estimate of drug-likeness (QED) is 0.260. The maximum atomic E-state index is 15.8. The van der Waals surface area contributed by atoms with Crippen molar-refractivity contribution in [1.82, 2.24) is 30.0 Å². The van der Waals surface area contributed by atoms with Crippen molar-refractivity contribution < 1.29 is 41.5 Å². The Morgan fingerprint density at radius 3 is 2.83 bits per heavy atom. The molecule has 4 aliphatic rings. The molecule has 0 aliphatic carbocycles. The zero-order chi connectivity index (χ0) is 29.6. The summed E-state index contributed by atoms with van der Waals surface area (Å²) in [5.74, 6) is -0.627. The number of thiol groups is 1. The monoisotopic (exact) mass is 661 g/mol.